The average Bonchev–Trinajstić information content (AvgIpc) is 2.30. The van der Waals surface area contributed by atoms with Gasteiger partial charge in [0, 0.05) is 11.7 Å². The summed E-state index contributed by atoms with van der Waals surface area (Å²) in [7, 11) is 0. The molecular weight excluding hydrogens is 233 g/mol. The summed E-state index contributed by atoms with van der Waals surface area (Å²) in [5.74, 6) is -1.08. The number of carbonyl (C=O) groups is 1. The van der Waals surface area contributed by atoms with E-state index in [2.05, 4.69) is 19.2 Å². The predicted molar refractivity (Wildman–Crippen MR) is 70.5 cm³/mol. The molecule has 1 aromatic carbocycles. The SMILES string of the molecule is CCC(C)CC(C)Nc1ccc(F)cc1C(=O)O. The smallest absolute Gasteiger partial charge is 0.337 e. The van der Waals surface area contributed by atoms with E-state index in [4.69, 9.17) is 5.11 Å². The van der Waals surface area contributed by atoms with E-state index in [1.807, 2.05) is 6.92 Å². The van der Waals surface area contributed by atoms with Gasteiger partial charge in [0.15, 0.2) is 0 Å². The van der Waals surface area contributed by atoms with Crippen LogP contribution in [-0.4, -0.2) is 17.1 Å². The lowest BCUT2D eigenvalue weighted by Crippen LogP contribution is -2.20. The minimum absolute atomic E-state index is 0.0222. The molecule has 0 aliphatic rings. The van der Waals surface area contributed by atoms with E-state index < -0.39 is 11.8 Å². The fourth-order valence-electron chi connectivity index (χ4n) is 1.91. The molecule has 0 saturated heterocycles. The lowest BCUT2D eigenvalue weighted by Gasteiger charge is -2.19. The van der Waals surface area contributed by atoms with Gasteiger partial charge in [0.25, 0.3) is 0 Å². The van der Waals surface area contributed by atoms with Gasteiger partial charge in [-0.25, -0.2) is 9.18 Å². The van der Waals surface area contributed by atoms with Crippen LogP contribution in [0.5, 0.6) is 0 Å². The summed E-state index contributed by atoms with van der Waals surface area (Å²) in [6, 6.07) is 3.94. The fraction of sp³-hybridized carbons (Fsp3) is 0.500. The van der Waals surface area contributed by atoms with Gasteiger partial charge in [-0.15, -0.1) is 0 Å². The second-order valence-electron chi connectivity index (χ2n) is 4.79. The summed E-state index contributed by atoms with van der Waals surface area (Å²) in [6.07, 6.45) is 2.04. The number of carboxylic acids is 1. The molecule has 0 aliphatic heterocycles. The van der Waals surface area contributed by atoms with Gasteiger partial charge in [0.1, 0.15) is 5.82 Å². The molecule has 2 unspecified atom stereocenters. The maximum Gasteiger partial charge on any atom is 0.337 e. The van der Waals surface area contributed by atoms with E-state index in [-0.39, 0.29) is 11.6 Å². The summed E-state index contributed by atoms with van der Waals surface area (Å²) in [4.78, 5) is 11.0. The van der Waals surface area contributed by atoms with Crippen molar-refractivity contribution in [2.24, 2.45) is 5.92 Å². The van der Waals surface area contributed by atoms with Crippen LogP contribution in [0.3, 0.4) is 0 Å². The second-order valence-corrected chi connectivity index (χ2v) is 4.79. The Labute approximate surface area is 107 Å². The zero-order chi connectivity index (χ0) is 13.7. The molecule has 18 heavy (non-hydrogen) atoms. The molecular formula is C14H20FNO2. The number of anilines is 1. The first-order chi connectivity index (χ1) is 8.43. The number of nitrogens with one attached hydrogen (secondary N) is 1. The topological polar surface area (TPSA) is 49.3 Å². The van der Waals surface area contributed by atoms with Crippen LogP contribution < -0.4 is 5.32 Å². The van der Waals surface area contributed by atoms with E-state index in [0.717, 1.165) is 18.9 Å². The van der Waals surface area contributed by atoms with Gasteiger partial charge in [-0.3, -0.25) is 0 Å². The third kappa shape index (κ3) is 4.02. The van der Waals surface area contributed by atoms with Crippen LogP contribution in [0, 0.1) is 11.7 Å². The molecule has 0 saturated carbocycles. The predicted octanol–water partition coefficient (Wildman–Crippen LogP) is 3.76. The summed E-state index contributed by atoms with van der Waals surface area (Å²) >= 11 is 0. The minimum Gasteiger partial charge on any atom is -0.478 e. The van der Waals surface area contributed by atoms with Crippen LogP contribution in [0.2, 0.25) is 0 Å². The highest BCUT2D eigenvalue weighted by Gasteiger charge is 2.14. The Kier molecular flexibility index (Phi) is 5.13. The molecule has 1 rings (SSSR count). The molecule has 0 radical (unpaired) electrons. The van der Waals surface area contributed by atoms with Crippen LogP contribution in [0.15, 0.2) is 18.2 Å². The Morgan fingerprint density at radius 3 is 2.67 bits per heavy atom. The van der Waals surface area contributed by atoms with Gasteiger partial charge in [-0.05, 0) is 37.5 Å². The van der Waals surface area contributed by atoms with Crippen molar-refractivity contribution in [3.05, 3.63) is 29.6 Å². The van der Waals surface area contributed by atoms with Crippen molar-refractivity contribution in [2.75, 3.05) is 5.32 Å². The van der Waals surface area contributed by atoms with E-state index in [0.29, 0.717) is 11.6 Å². The molecule has 2 atom stereocenters. The molecule has 2 N–H and O–H groups in total. The zero-order valence-corrected chi connectivity index (χ0v) is 11.0. The van der Waals surface area contributed by atoms with E-state index in [9.17, 15) is 9.18 Å². The molecule has 0 amide bonds. The Morgan fingerprint density at radius 2 is 2.11 bits per heavy atom. The van der Waals surface area contributed by atoms with Crippen molar-refractivity contribution in [2.45, 2.75) is 39.7 Å². The van der Waals surface area contributed by atoms with E-state index in [1.54, 1.807) is 0 Å². The first kappa shape index (κ1) is 14.5. The van der Waals surface area contributed by atoms with Gasteiger partial charge < -0.3 is 10.4 Å². The van der Waals surface area contributed by atoms with Crippen LogP contribution in [0.1, 0.15) is 44.0 Å². The van der Waals surface area contributed by atoms with Crippen molar-refractivity contribution >= 4 is 11.7 Å². The Hall–Kier alpha value is -1.58. The first-order valence-electron chi connectivity index (χ1n) is 6.23. The number of benzene rings is 1. The second kappa shape index (κ2) is 6.38. The van der Waals surface area contributed by atoms with Crippen LogP contribution in [-0.2, 0) is 0 Å². The first-order valence-corrected chi connectivity index (χ1v) is 6.23. The van der Waals surface area contributed by atoms with Crippen molar-refractivity contribution in [1.29, 1.82) is 0 Å². The van der Waals surface area contributed by atoms with Crippen LogP contribution in [0.4, 0.5) is 10.1 Å². The largest absolute Gasteiger partial charge is 0.478 e. The Balaban J connectivity index is 2.80. The van der Waals surface area contributed by atoms with E-state index in [1.165, 1.54) is 12.1 Å². The maximum absolute atomic E-state index is 13.0. The van der Waals surface area contributed by atoms with Gasteiger partial charge in [0.05, 0.1) is 5.56 Å². The lowest BCUT2D eigenvalue weighted by atomic mass is 10.00. The number of hydrogen-bond acceptors (Lipinski definition) is 2. The van der Waals surface area contributed by atoms with Crippen LogP contribution in [0.25, 0.3) is 0 Å². The zero-order valence-electron chi connectivity index (χ0n) is 11.0. The van der Waals surface area contributed by atoms with Gasteiger partial charge >= 0.3 is 5.97 Å². The van der Waals surface area contributed by atoms with Crippen molar-refractivity contribution < 1.29 is 14.3 Å². The molecule has 3 nitrogen and oxygen atoms in total. The van der Waals surface area contributed by atoms with Gasteiger partial charge in [0.2, 0.25) is 0 Å². The van der Waals surface area contributed by atoms with Crippen molar-refractivity contribution in [3.63, 3.8) is 0 Å². The highest BCUT2D eigenvalue weighted by Crippen LogP contribution is 2.20. The summed E-state index contributed by atoms with van der Waals surface area (Å²) in [6.45, 7) is 6.28. The molecule has 0 fully saturated rings. The average molecular weight is 253 g/mol. The standard InChI is InChI=1S/C14H20FNO2/c1-4-9(2)7-10(3)16-13-6-5-11(15)8-12(13)14(17)18/h5-6,8-10,16H,4,7H2,1-3H3,(H,17,18). The summed E-state index contributed by atoms with van der Waals surface area (Å²) < 4.78 is 13.0. The van der Waals surface area contributed by atoms with Gasteiger partial charge in [-0.1, -0.05) is 20.3 Å². The molecule has 0 aliphatic carbocycles. The molecule has 1 aromatic rings. The van der Waals surface area contributed by atoms with Crippen LogP contribution >= 0.6 is 0 Å². The maximum atomic E-state index is 13.0. The number of carboxylic acid groups (broad SMARTS) is 1. The Bertz CT molecular complexity index is 420. The quantitative estimate of drug-likeness (QED) is 0.811. The minimum atomic E-state index is -1.12. The Morgan fingerprint density at radius 1 is 1.44 bits per heavy atom. The molecule has 0 heterocycles. The number of aromatic carboxylic acids is 1. The number of hydrogen-bond donors (Lipinski definition) is 2. The lowest BCUT2D eigenvalue weighted by molar-refractivity contribution is 0.0697. The molecule has 0 spiro atoms. The van der Waals surface area contributed by atoms with Crippen molar-refractivity contribution in [3.8, 4) is 0 Å². The normalized spacial score (nSPS) is 14.0. The highest BCUT2D eigenvalue weighted by molar-refractivity contribution is 5.94. The third-order valence-electron chi connectivity index (χ3n) is 3.07. The van der Waals surface area contributed by atoms with Gasteiger partial charge in [-0.2, -0.15) is 0 Å². The summed E-state index contributed by atoms with van der Waals surface area (Å²) in [5.41, 5.74) is 0.450. The fourth-order valence-corrected chi connectivity index (χ4v) is 1.91. The number of rotatable bonds is 6. The molecule has 4 heteroatoms. The monoisotopic (exact) mass is 253 g/mol. The summed E-state index contributed by atoms with van der Waals surface area (Å²) in [5, 5.41) is 12.2. The van der Waals surface area contributed by atoms with Crippen molar-refractivity contribution in [1.82, 2.24) is 0 Å². The number of halogens is 1. The highest BCUT2D eigenvalue weighted by atomic mass is 19.1. The third-order valence-corrected chi connectivity index (χ3v) is 3.07. The van der Waals surface area contributed by atoms with E-state index >= 15 is 0 Å². The molecule has 0 aromatic heterocycles. The molecule has 0 bridgehead atoms. The molecule has 100 valence electrons.